The largest absolute Gasteiger partial charge is 0.337 e. The minimum absolute atomic E-state index is 0.0689. The number of hydrogen-bond donors (Lipinski definition) is 0. The van der Waals surface area contributed by atoms with Gasteiger partial charge in [0, 0.05) is 18.4 Å². The maximum Gasteiger partial charge on any atom is 0.255 e. The van der Waals surface area contributed by atoms with Crippen molar-refractivity contribution in [2.24, 2.45) is 0 Å². The van der Waals surface area contributed by atoms with Gasteiger partial charge in [0.15, 0.2) is 5.82 Å². The Balaban J connectivity index is 2.34. The van der Waals surface area contributed by atoms with Crippen molar-refractivity contribution in [3.05, 3.63) is 39.1 Å². The monoisotopic (exact) mass is 296 g/mol. The van der Waals surface area contributed by atoms with Crippen LogP contribution in [0, 0.1) is 0 Å². The third kappa shape index (κ3) is 3.25. The molecule has 2 aromatic heterocycles. The average Bonchev–Trinajstić information content (AvgIpc) is 2.80. The van der Waals surface area contributed by atoms with Crippen LogP contribution in [0.2, 0.25) is 5.15 Å². The highest BCUT2D eigenvalue weighted by molar-refractivity contribution is 6.29. The van der Waals surface area contributed by atoms with E-state index in [-0.39, 0.29) is 23.2 Å². The van der Waals surface area contributed by atoms with Gasteiger partial charge in [-0.05, 0) is 6.42 Å². The van der Waals surface area contributed by atoms with Gasteiger partial charge in [-0.1, -0.05) is 37.5 Å². The van der Waals surface area contributed by atoms with Crippen molar-refractivity contribution in [1.29, 1.82) is 0 Å². The Morgan fingerprint density at radius 2 is 2.15 bits per heavy atom. The summed E-state index contributed by atoms with van der Waals surface area (Å²) in [4.78, 5) is 20.5. The predicted octanol–water partition coefficient (Wildman–Crippen LogP) is 2.40. The second-order valence-electron chi connectivity index (χ2n) is 4.87. The molecule has 20 heavy (non-hydrogen) atoms. The maximum absolute atomic E-state index is 12.1. The molecule has 0 radical (unpaired) electrons. The molecule has 6 nitrogen and oxygen atoms in total. The lowest BCUT2D eigenvalue weighted by molar-refractivity contribution is 0.361. The highest BCUT2D eigenvalue weighted by Gasteiger charge is 2.14. The molecule has 7 heteroatoms. The molecule has 0 fully saturated rings. The Kier molecular flexibility index (Phi) is 4.54. The molecule has 0 saturated heterocycles. The van der Waals surface area contributed by atoms with Crippen molar-refractivity contribution in [1.82, 2.24) is 19.7 Å². The molecule has 2 aromatic rings. The molecule has 0 aliphatic carbocycles. The summed E-state index contributed by atoms with van der Waals surface area (Å²) in [6, 6.07) is 1.29. The fourth-order valence-electron chi connectivity index (χ4n) is 1.91. The second-order valence-corrected chi connectivity index (χ2v) is 5.26. The standard InChI is InChI=1S/C13H17ClN4O2/c1-4-5-10-16-11(20-17-10)7-18-12(19)6-9(14)15-13(18)8(2)3/h6,8H,4-5,7H2,1-3H3. The number of nitrogens with zero attached hydrogens (tertiary/aromatic N) is 4. The fourth-order valence-corrected chi connectivity index (χ4v) is 2.09. The van der Waals surface area contributed by atoms with Crippen molar-refractivity contribution in [2.45, 2.75) is 46.1 Å². The van der Waals surface area contributed by atoms with Gasteiger partial charge in [0.2, 0.25) is 5.89 Å². The van der Waals surface area contributed by atoms with Crippen LogP contribution in [-0.2, 0) is 13.0 Å². The Bertz CT molecular complexity index is 648. The molecule has 2 heterocycles. The van der Waals surface area contributed by atoms with Crippen LogP contribution in [0.15, 0.2) is 15.4 Å². The average molecular weight is 297 g/mol. The molecular weight excluding hydrogens is 280 g/mol. The lowest BCUT2D eigenvalue weighted by Crippen LogP contribution is -2.26. The fraction of sp³-hybridized carbons (Fsp3) is 0.538. The molecule has 0 saturated carbocycles. The third-order valence-corrected chi connectivity index (χ3v) is 2.99. The molecule has 0 spiro atoms. The highest BCUT2D eigenvalue weighted by Crippen LogP contribution is 2.14. The van der Waals surface area contributed by atoms with Crippen molar-refractivity contribution in [3.8, 4) is 0 Å². The lowest BCUT2D eigenvalue weighted by atomic mass is 10.2. The van der Waals surface area contributed by atoms with Gasteiger partial charge in [-0.15, -0.1) is 0 Å². The Labute approximate surface area is 121 Å². The highest BCUT2D eigenvalue weighted by atomic mass is 35.5. The molecule has 108 valence electrons. The van der Waals surface area contributed by atoms with E-state index in [1.54, 1.807) is 0 Å². The number of aryl methyl sites for hydroxylation is 1. The summed E-state index contributed by atoms with van der Waals surface area (Å²) in [5, 5.41) is 4.08. The van der Waals surface area contributed by atoms with E-state index in [1.165, 1.54) is 10.6 Å². The summed E-state index contributed by atoms with van der Waals surface area (Å²) in [5.74, 6) is 1.74. The minimum Gasteiger partial charge on any atom is -0.337 e. The molecular formula is C13H17ClN4O2. The zero-order valence-electron chi connectivity index (χ0n) is 11.8. The van der Waals surface area contributed by atoms with Gasteiger partial charge in [-0.25, -0.2) is 4.98 Å². The first kappa shape index (κ1) is 14.7. The topological polar surface area (TPSA) is 73.8 Å². The Morgan fingerprint density at radius 3 is 2.80 bits per heavy atom. The third-order valence-electron chi connectivity index (χ3n) is 2.80. The molecule has 2 rings (SSSR count). The van der Waals surface area contributed by atoms with E-state index >= 15 is 0 Å². The van der Waals surface area contributed by atoms with E-state index in [9.17, 15) is 4.79 Å². The molecule has 0 aromatic carbocycles. The van der Waals surface area contributed by atoms with E-state index in [0.29, 0.717) is 17.5 Å². The second kappa shape index (κ2) is 6.17. The quantitative estimate of drug-likeness (QED) is 0.792. The van der Waals surface area contributed by atoms with Crippen molar-refractivity contribution >= 4 is 11.6 Å². The van der Waals surface area contributed by atoms with Crippen molar-refractivity contribution in [2.75, 3.05) is 0 Å². The zero-order chi connectivity index (χ0) is 14.7. The van der Waals surface area contributed by atoms with Gasteiger partial charge in [0.1, 0.15) is 17.5 Å². The number of halogens is 1. The summed E-state index contributed by atoms with van der Waals surface area (Å²) >= 11 is 5.84. The summed E-state index contributed by atoms with van der Waals surface area (Å²) in [6.07, 6.45) is 1.70. The molecule has 0 aliphatic rings. The number of aromatic nitrogens is 4. The van der Waals surface area contributed by atoms with Gasteiger partial charge in [-0.3, -0.25) is 9.36 Å². The molecule has 0 bridgehead atoms. The van der Waals surface area contributed by atoms with Crippen LogP contribution in [0.1, 0.15) is 50.6 Å². The van der Waals surface area contributed by atoms with Crippen LogP contribution in [0.3, 0.4) is 0 Å². The van der Waals surface area contributed by atoms with Crippen LogP contribution < -0.4 is 5.56 Å². The Morgan fingerprint density at radius 1 is 1.40 bits per heavy atom. The number of hydrogen-bond acceptors (Lipinski definition) is 5. The SMILES string of the molecule is CCCc1noc(Cn2c(C(C)C)nc(Cl)cc2=O)n1. The molecule has 0 aliphatic heterocycles. The van der Waals surface area contributed by atoms with Crippen LogP contribution >= 0.6 is 11.6 Å². The minimum atomic E-state index is -0.219. The number of rotatable bonds is 5. The van der Waals surface area contributed by atoms with Gasteiger partial charge in [0.05, 0.1) is 0 Å². The van der Waals surface area contributed by atoms with Crippen molar-refractivity contribution in [3.63, 3.8) is 0 Å². The van der Waals surface area contributed by atoms with E-state index in [4.69, 9.17) is 16.1 Å². The van der Waals surface area contributed by atoms with Crippen LogP contribution in [0.4, 0.5) is 0 Å². The van der Waals surface area contributed by atoms with Gasteiger partial charge >= 0.3 is 0 Å². The lowest BCUT2D eigenvalue weighted by Gasteiger charge is -2.12. The summed E-state index contributed by atoms with van der Waals surface area (Å²) < 4.78 is 6.67. The van der Waals surface area contributed by atoms with Gasteiger partial charge in [-0.2, -0.15) is 4.98 Å². The van der Waals surface area contributed by atoms with E-state index in [0.717, 1.165) is 12.8 Å². The molecule has 0 atom stereocenters. The van der Waals surface area contributed by atoms with Gasteiger partial charge < -0.3 is 4.52 Å². The molecule has 0 unspecified atom stereocenters. The van der Waals surface area contributed by atoms with Crippen LogP contribution in [0.25, 0.3) is 0 Å². The van der Waals surface area contributed by atoms with Crippen LogP contribution in [-0.4, -0.2) is 19.7 Å². The van der Waals surface area contributed by atoms with Gasteiger partial charge in [0.25, 0.3) is 5.56 Å². The first-order valence-corrected chi connectivity index (χ1v) is 6.97. The summed E-state index contributed by atoms with van der Waals surface area (Å²) in [6.45, 7) is 6.16. The van der Waals surface area contributed by atoms with E-state index in [1.807, 2.05) is 20.8 Å². The zero-order valence-corrected chi connectivity index (χ0v) is 12.5. The molecule has 0 amide bonds. The maximum atomic E-state index is 12.1. The summed E-state index contributed by atoms with van der Waals surface area (Å²) in [7, 11) is 0. The normalized spacial score (nSPS) is 11.2. The van der Waals surface area contributed by atoms with Crippen molar-refractivity contribution < 1.29 is 4.52 Å². The van der Waals surface area contributed by atoms with E-state index in [2.05, 4.69) is 15.1 Å². The predicted molar refractivity (Wildman–Crippen MR) is 75.0 cm³/mol. The first-order valence-electron chi connectivity index (χ1n) is 6.60. The first-order chi connectivity index (χ1) is 9.51. The van der Waals surface area contributed by atoms with E-state index < -0.39 is 0 Å². The van der Waals surface area contributed by atoms with Crippen LogP contribution in [0.5, 0.6) is 0 Å². The smallest absolute Gasteiger partial charge is 0.255 e. The Hall–Kier alpha value is -1.69. The molecule has 0 N–H and O–H groups in total. The summed E-state index contributed by atoms with van der Waals surface area (Å²) in [5.41, 5.74) is -0.219.